The summed E-state index contributed by atoms with van der Waals surface area (Å²) in [6.45, 7) is 0. The fourth-order valence-electron chi connectivity index (χ4n) is 0.898. The van der Waals surface area contributed by atoms with Crippen molar-refractivity contribution in [2.24, 2.45) is 0 Å². The number of carbonyl (C=O) groups is 1. The molecule has 12 heavy (non-hydrogen) atoms. The molecule has 2 heteroatoms. The van der Waals surface area contributed by atoms with Gasteiger partial charge in [-0.3, -0.25) is 4.79 Å². The number of methoxy groups -OCH3 is 1. The summed E-state index contributed by atoms with van der Waals surface area (Å²) in [5.41, 5.74) is 1.22. The molecule has 0 aromatic heterocycles. The number of ether oxygens (including phenoxy) is 1. The van der Waals surface area contributed by atoms with Crippen molar-refractivity contribution in [3.8, 4) is 18.1 Å². The zero-order valence-corrected chi connectivity index (χ0v) is 6.70. The molecule has 1 rings (SSSR count). The normalized spacial score (nSPS) is 8.67. The Balaban J connectivity index is 3.21. The predicted molar refractivity (Wildman–Crippen MR) is 46.3 cm³/mol. The lowest BCUT2D eigenvalue weighted by Crippen LogP contribution is -1.90. The van der Waals surface area contributed by atoms with Crippen LogP contribution in [0.1, 0.15) is 15.9 Å². The van der Waals surface area contributed by atoms with Crippen molar-refractivity contribution in [1.29, 1.82) is 0 Å². The summed E-state index contributed by atoms with van der Waals surface area (Å²) < 4.78 is 4.95. The molecule has 0 saturated carbocycles. The number of carbonyl (C=O) groups excluding carboxylic acids is 1. The SMILES string of the molecule is C#Cc1ccc(C=O)c(OC)c1. The van der Waals surface area contributed by atoms with Crippen LogP contribution in [0.2, 0.25) is 0 Å². The number of hydrogen-bond donors (Lipinski definition) is 0. The molecule has 0 aliphatic rings. The summed E-state index contributed by atoms with van der Waals surface area (Å²) in [7, 11) is 1.50. The smallest absolute Gasteiger partial charge is 0.153 e. The van der Waals surface area contributed by atoms with Crippen LogP contribution in [-0.4, -0.2) is 13.4 Å². The van der Waals surface area contributed by atoms with Gasteiger partial charge in [0.05, 0.1) is 12.7 Å². The van der Waals surface area contributed by atoms with Gasteiger partial charge in [-0.1, -0.05) is 5.92 Å². The van der Waals surface area contributed by atoms with Gasteiger partial charge < -0.3 is 4.74 Å². The first-order chi connectivity index (χ1) is 5.81. The van der Waals surface area contributed by atoms with Gasteiger partial charge in [0.15, 0.2) is 6.29 Å². The topological polar surface area (TPSA) is 26.3 Å². The first-order valence-corrected chi connectivity index (χ1v) is 3.41. The number of aldehydes is 1. The van der Waals surface area contributed by atoms with E-state index in [4.69, 9.17) is 11.2 Å². The van der Waals surface area contributed by atoms with Gasteiger partial charge in [-0.2, -0.15) is 0 Å². The lowest BCUT2D eigenvalue weighted by Gasteiger charge is -2.02. The van der Waals surface area contributed by atoms with Gasteiger partial charge in [0.1, 0.15) is 5.75 Å². The van der Waals surface area contributed by atoms with E-state index in [1.807, 2.05) is 0 Å². The molecule has 0 fully saturated rings. The molecule has 0 N–H and O–H groups in total. The van der Waals surface area contributed by atoms with Gasteiger partial charge >= 0.3 is 0 Å². The molecular weight excluding hydrogens is 152 g/mol. The average molecular weight is 160 g/mol. The Bertz CT molecular complexity index is 334. The minimum atomic E-state index is 0.511. The molecule has 1 aromatic rings. The van der Waals surface area contributed by atoms with E-state index in [9.17, 15) is 4.79 Å². The van der Waals surface area contributed by atoms with Crippen molar-refractivity contribution in [1.82, 2.24) is 0 Å². The van der Waals surface area contributed by atoms with Gasteiger partial charge in [-0.25, -0.2) is 0 Å². The van der Waals surface area contributed by atoms with E-state index in [0.29, 0.717) is 16.9 Å². The number of rotatable bonds is 2. The van der Waals surface area contributed by atoms with Gasteiger partial charge in [-0.15, -0.1) is 6.42 Å². The first kappa shape index (κ1) is 8.35. The van der Waals surface area contributed by atoms with E-state index in [1.165, 1.54) is 7.11 Å². The molecule has 60 valence electrons. The van der Waals surface area contributed by atoms with Gasteiger partial charge in [0.25, 0.3) is 0 Å². The monoisotopic (exact) mass is 160 g/mol. The van der Waals surface area contributed by atoms with Crippen LogP contribution < -0.4 is 4.74 Å². The number of hydrogen-bond acceptors (Lipinski definition) is 2. The third-order valence-electron chi connectivity index (χ3n) is 1.53. The second-order valence-electron chi connectivity index (χ2n) is 2.22. The van der Waals surface area contributed by atoms with Gasteiger partial charge in [0, 0.05) is 5.56 Å². The molecule has 1 aromatic carbocycles. The highest BCUT2D eigenvalue weighted by molar-refractivity contribution is 5.79. The average Bonchev–Trinajstić information content (AvgIpc) is 2.16. The van der Waals surface area contributed by atoms with Gasteiger partial charge in [0.2, 0.25) is 0 Å². The van der Waals surface area contributed by atoms with Crippen LogP contribution in [0.25, 0.3) is 0 Å². The third kappa shape index (κ3) is 1.46. The highest BCUT2D eigenvalue weighted by Crippen LogP contribution is 2.17. The van der Waals surface area contributed by atoms with Crippen molar-refractivity contribution in [3.05, 3.63) is 29.3 Å². The molecule has 0 aliphatic carbocycles. The van der Waals surface area contributed by atoms with Crippen LogP contribution in [0.5, 0.6) is 5.75 Å². The Hall–Kier alpha value is -1.75. The van der Waals surface area contributed by atoms with E-state index in [0.717, 1.165) is 6.29 Å². The molecule has 0 heterocycles. The van der Waals surface area contributed by atoms with E-state index < -0.39 is 0 Å². The van der Waals surface area contributed by atoms with Crippen LogP contribution in [0.4, 0.5) is 0 Å². The Labute approximate surface area is 71.2 Å². The van der Waals surface area contributed by atoms with Crippen LogP contribution in [0, 0.1) is 12.3 Å². The van der Waals surface area contributed by atoms with Crippen molar-refractivity contribution < 1.29 is 9.53 Å². The highest BCUT2D eigenvalue weighted by Gasteiger charge is 2.00. The maximum absolute atomic E-state index is 10.5. The van der Waals surface area contributed by atoms with Crippen molar-refractivity contribution in [3.63, 3.8) is 0 Å². The van der Waals surface area contributed by atoms with Crippen LogP contribution in [-0.2, 0) is 0 Å². The molecule has 0 saturated heterocycles. The maximum atomic E-state index is 10.5. The molecule has 0 amide bonds. The van der Waals surface area contributed by atoms with Crippen LogP contribution in [0.15, 0.2) is 18.2 Å². The van der Waals surface area contributed by atoms with E-state index in [-0.39, 0.29) is 0 Å². The summed E-state index contributed by atoms with van der Waals surface area (Å²) in [4.78, 5) is 10.5. The lowest BCUT2D eigenvalue weighted by molar-refractivity contribution is 0.112. The molecule has 0 unspecified atom stereocenters. The Morgan fingerprint density at radius 3 is 2.83 bits per heavy atom. The van der Waals surface area contributed by atoms with E-state index in [1.54, 1.807) is 18.2 Å². The summed E-state index contributed by atoms with van der Waals surface area (Å²) in [5.74, 6) is 2.97. The van der Waals surface area contributed by atoms with Gasteiger partial charge in [-0.05, 0) is 18.2 Å². The minimum Gasteiger partial charge on any atom is -0.496 e. The summed E-state index contributed by atoms with van der Waals surface area (Å²) in [5, 5.41) is 0. The fourth-order valence-corrected chi connectivity index (χ4v) is 0.898. The molecule has 0 aliphatic heterocycles. The quantitative estimate of drug-likeness (QED) is 0.484. The molecule has 0 atom stereocenters. The molecule has 0 radical (unpaired) electrons. The second kappa shape index (κ2) is 3.59. The Kier molecular flexibility index (Phi) is 2.49. The molecule has 0 spiro atoms. The maximum Gasteiger partial charge on any atom is 0.153 e. The third-order valence-corrected chi connectivity index (χ3v) is 1.53. The second-order valence-corrected chi connectivity index (χ2v) is 2.22. The zero-order valence-electron chi connectivity index (χ0n) is 6.70. The van der Waals surface area contributed by atoms with Crippen LogP contribution >= 0.6 is 0 Å². The standard InChI is InChI=1S/C10H8O2/c1-3-8-4-5-9(7-11)10(6-8)12-2/h1,4-7H,2H3. The minimum absolute atomic E-state index is 0.511. The summed E-state index contributed by atoms with van der Waals surface area (Å²) in [6, 6.07) is 5.00. The fraction of sp³-hybridized carbons (Fsp3) is 0.100. The van der Waals surface area contributed by atoms with Crippen molar-refractivity contribution in [2.45, 2.75) is 0 Å². The Morgan fingerprint density at radius 1 is 1.58 bits per heavy atom. The van der Waals surface area contributed by atoms with E-state index >= 15 is 0 Å². The predicted octanol–water partition coefficient (Wildman–Crippen LogP) is 1.49. The zero-order chi connectivity index (χ0) is 8.97. The molecule has 0 bridgehead atoms. The van der Waals surface area contributed by atoms with Crippen molar-refractivity contribution >= 4 is 6.29 Å². The summed E-state index contributed by atoms with van der Waals surface area (Å²) >= 11 is 0. The van der Waals surface area contributed by atoms with Crippen LogP contribution in [0.3, 0.4) is 0 Å². The largest absolute Gasteiger partial charge is 0.496 e. The van der Waals surface area contributed by atoms with E-state index in [2.05, 4.69) is 5.92 Å². The Morgan fingerprint density at radius 2 is 2.33 bits per heavy atom. The lowest BCUT2D eigenvalue weighted by atomic mass is 10.1. The number of terminal acetylenes is 1. The van der Waals surface area contributed by atoms with Crippen molar-refractivity contribution in [2.75, 3.05) is 7.11 Å². The highest BCUT2D eigenvalue weighted by atomic mass is 16.5. The molecule has 2 nitrogen and oxygen atoms in total. The number of benzene rings is 1. The molecular formula is C10H8O2. The summed E-state index contributed by atoms with van der Waals surface area (Å²) in [6.07, 6.45) is 5.91. The first-order valence-electron chi connectivity index (χ1n) is 3.41.